The highest BCUT2D eigenvalue weighted by molar-refractivity contribution is 7.80. The van der Waals surface area contributed by atoms with Crippen molar-refractivity contribution in [1.29, 1.82) is 0 Å². The molecule has 0 aromatic heterocycles. The Kier molecular flexibility index (Phi) is 2.50. The number of hydrogen-bond donors (Lipinski definition) is 2. The summed E-state index contributed by atoms with van der Waals surface area (Å²) in [5, 5.41) is 9.30. The van der Waals surface area contributed by atoms with Crippen LogP contribution < -0.4 is 0 Å². The maximum atomic E-state index is 10.4. The second-order valence-corrected chi connectivity index (χ2v) is 4.27. The van der Waals surface area contributed by atoms with Crippen LogP contribution in [0.2, 0.25) is 0 Å². The number of aliphatic hydroxyl groups is 1. The van der Waals surface area contributed by atoms with Gasteiger partial charge in [0.2, 0.25) is 0 Å². The van der Waals surface area contributed by atoms with Crippen LogP contribution in [-0.2, 0) is 24.1 Å². The van der Waals surface area contributed by atoms with Crippen LogP contribution in [0.25, 0.3) is 0 Å². The first kappa shape index (κ1) is 10.3. The van der Waals surface area contributed by atoms with Crippen molar-refractivity contribution in [1.82, 2.24) is 0 Å². The first-order valence-electron chi connectivity index (χ1n) is 4.04. The van der Waals surface area contributed by atoms with Crippen LogP contribution in [-0.4, -0.2) is 55.7 Å². The predicted molar refractivity (Wildman–Crippen MR) is 41.9 cm³/mol. The third-order valence-corrected chi connectivity index (χ3v) is 2.72. The molecule has 2 saturated heterocycles. The molecule has 2 fully saturated rings. The summed E-state index contributed by atoms with van der Waals surface area (Å²) in [5.74, 6) is 0. The van der Waals surface area contributed by atoms with Crippen LogP contribution in [0.5, 0.6) is 0 Å². The summed E-state index contributed by atoms with van der Waals surface area (Å²) in [6.45, 7) is 0.0624. The molecule has 2 aliphatic heterocycles. The Bertz CT molecular complexity index is 312. The monoisotopic (exact) mass is 226 g/mol. The fourth-order valence-corrected chi connectivity index (χ4v) is 2.16. The molecule has 2 heterocycles. The fourth-order valence-electron chi connectivity index (χ4n) is 1.68. The van der Waals surface area contributed by atoms with Crippen molar-refractivity contribution in [2.75, 3.05) is 13.2 Å². The standard InChI is InChI=1S/C6H10O7S/c7-3-1-11-6-4(2-12-5(3)6)13-14(8,9)10/h3-7H,1-2H2,(H,8,9,10)/t3-,4+,5-,6-/m1/s1. The summed E-state index contributed by atoms with van der Waals surface area (Å²) in [7, 11) is -4.51. The zero-order valence-electron chi connectivity index (χ0n) is 7.07. The average molecular weight is 226 g/mol. The molecule has 0 bridgehead atoms. The van der Waals surface area contributed by atoms with Gasteiger partial charge in [0, 0.05) is 0 Å². The van der Waals surface area contributed by atoms with Gasteiger partial charge in [0.1, 0.15) is 24.4 Å². The minimum Gasteiger partial charge on any atom is -0.388 e. The number of rotatable bonds is 2. The van der Waals surface area contributed by atoms with Gasteiger partial charge < -0.3 is 14.6 Å². The molecule has 8 heteroatoms. The molecule has 82 valence electrons. The molecule has 0 spiro atoms. The van der Waals surface area contributed by atoms with Crippen molar-refractivity contribution in [3.05, 3.63) is 0 Å². The molecule has 0 aromatic rings. The van der Waals surface area contributed by atoms with Crippen molar-refractivity contribution < 1.29 is 31.7 Å². The Morgan fingerprint density at radius 3 is 2.50 bits per heavy atom. The predicted octanol–water partition coefficient (Wildman–Crippen LogP) is -1.67. The molecule has 0 saturated carbocycles. The fraction of sp³-hybridized carbons (Fsp3) is 1.00. The van der Waals surface area contributed by atoms with E-state index in [0.29, 0.717) is 0 Å². The summed E-state index contributed by atoms with van der Waals surface area (Å²) in [6.07, 6.45) is -2.85. The van der Waals surface area contributed by atoms with E-state index >= 15 is 0 Å². The highest BCUT2D eigenvalue weighted by Crippen LogP contribution is 2.29. The molecule has 7 nitrogen and oxygen atoms in total. The van der Waals surface area contributed by atoms with Crippen LogP contribution in [0.3, 0.4) is 0 Å². The van der Waals surface area contributed by atoms with Crippen molar-refractivity contribution >= 4 is 10.4 Å². The van der Waals surface area contributed by atoms with Gasteiger partial charge in [0.05, 0.1) is 13.2 Å². The molecule has 0 aromatic carbocycles. The Balaban J connectivity index is 2.04. The van der Waals surface area contributed by atoms with Crippen LogP contribution in [0.4, 0.5) is 0 Å². The Morgan fingerprint density at radius 2 is 1.86 bits per heavy atom. The molecule has 2 N–H and O–H groups in total. The largest absolute Gasteiger partial charge is 0.397 e. The van der Waals surface area contributed by atoms with E-state index in [1.165, 1.54) is 0 Å². The summed E-state index contributed by atoms with van der Waals surface area (Å²) < 4.78 is 43.7. The zero-order valence-corrected chi connectivity index (χ0v) is 7.88. The Hall–Kier alpha value is -0.250. The second kappa shape index (κ2) is 3.40. The van der Waals surface area contributed by atoms with Crippen LogP contribution >= 0.6 is 0 Å². The van der Waals surface area contributed by atoms with Crippen molar-refractivity contribution in [3.8, 4) is 0 Å². The van der Waals surface area contributed by atoms with Gasteiger partial charge in [-0.05, 0) is 0 Å². The molecule has 14 heavy (non-hydrogen) atoms. The van der Waals surface area contributed by atoms with E-state index in [2.05, 4.69) is 4.18 Å². The summed E-state index contributed by atoms with van der Waals surface area (Å²) in [4.78, 5) is 0. The van der Waals surface area contributed by atoms with E-state index in [1.54, 1.807) is 0 Å². The summed E-state index contributed by atoms with van der Waals surface area (Å²) in [5.41, 5.74) is 0. The minimum atomic E-state index is -4.51. The number of ether oxygens (including phenoxy) is 2. The number of fused-ring (bicyclic) bond motifs is 1. The normalized spacial score (nSPS) is 42.7. The lowest BCUT2D eigenvalue weighted by molar-refractivity contribution is 0.00784. The van der Waals surface area contributed by atoms with Crippen LogP contribution in [0, 0.1) is 0 Å². The molecular weight excluding hydrogens is 216 g/mol. The number of aliphatic hydroxyl groups excluding tert-OH is 1. The third-order valence-electron chi connectivity index (χ3n) is 2.23. The lowest BCUT2D eigenvalue weighted by Crippen LogP contribution is -2.34. The first-order valence-corrected chi connectivity index (χ1v) is 5.41. The van der Waals surface area contributed by atoms with E-state index in [1.807, 2.05) is 0 Å². The first-order chi connectivity index (χ1) is 6.47. The van der Waals surface area contributed by atoms with Crippen molar-refractivity contribution in [2.24, 2.45) is 0 Å². The van der Waals surface area contributed by atoms with Gasteiger partial charge in [-0.15, -0.1) is 0 Å². The molecule has 0 unspecified atom stereocenters. The zero-order chi connectivity index (χ0) is 10.3. The van der Waals surface area contributed by atoms with E-state index in [-0.39, 0.29) is 13.2 Å². The SMILES string of the molecule is O=S(=O)(O)O[C@H]1CO[C@H]2[C@@H]1OC[C@H]2O. The van der Waals surface area contributed by atoms with Gasteiger partial charge in [-0.25, -0.2) is 4.18 Å². The Morgan fingerprint density at radius 1 is 1.21 bits per heavy atom. The third kappa shape index (κ3) is 1.90. The molecule has 2 aliphatic rings. The van der Waals surface area contributed by atoms with Crippen LogP contribution in [0.15, 0.2) is 0 Å². The topological polar surface area (TPSA) is 102 Å². The van der Waals surface area contributed by atoms with E-state index < -0.39 is 34.8 Å². The van der Waals surface area contributed by atoms with E-state index in [4.69, 9.17) is 14.0 Å². The van der Waals surface area contributed by atoms with E-state index in [0.717, 1.165) is 0 Å². The summed E-state index contributed by atoms with van der Waals surface area (Å²) >= 11 is 0. The highest BCUT2D eigenvalue weighted by Gasteiger charge is 2.49. The van der Waals surface area contributed by atoms with Gasteiger partial charge in [-0.2, -0.15) is 8.42 Å². The smallest absolute Gasteiger partial charge is 0.388 e. The van der Waals surface area contributed by atoms with E-state index in [9.17, 15) is 13.5 Å². The highest BCUT2D eigenvalue weighted by atomic mass is 32.3. The van der Waals surface area contributed by atoms with Gasteiger partial charge in [-0.3, -0.25) is 4.55 Å². The molecule has 0 amide bonds. The lowest BCUT2D eigenvalue weighted by Gasteiger charge is -2.13. The van der Waals surface area contributed by atoms with Gasteiger partial charge in [0.15, 0.2) is 0 Å². The van der Waals surface area contributed by atoms with Gasteiger partial charge >= 0.3 is 10.4 Å². The van der Waals surface area contributed by atoms with Crippen LogP contribution in [0.1, 0.15) is 0 Å². The summed E-state index contributed by atoms with van der Waals surface area (Å²) in [6, 6.07) is 0. The Labute approximate surface area is 80.5 Å². The molecule has 0 aliphatic carbocycles. The quantitative estimate of drug-likeness (QED) is 0.543. The molecular formula is C6H10O7S. The van der Waals surface area contributed by atoms with Crippen molar-refractivity contribution in [3.63, 3.8) is 0 Å². The minimum absolute atomic E-state index is 0.0216. The maximum Gasteiger partial charge on any atom is 0.397 e. The number of hydrogen-bond acceptors (Lipinski definition) is 6. The molecule has 4 atom stereocenters. The lowest BCUT2D eigenvalue weighted by atomic mass is 10.1. The second-order valence-electron chi connectivity index (χ2n) is 3.23. The molecule has 2 rings (SSSR count). The molecule has 0 radical (unpaired) electrons. The maximum absolute atomic E-state index is 10.4. The van der Waals surface area contributed by atoms with Gasteiger partial charge in [0.25, 0.3) is 0 Å². The van der Waals surface area contributed by atoms with Crippen molar-refractivity contribution in [2.45, 2.75) is 24.4 Å². The average Bonchev–Trinajstić information content (AvgIpc) is 2.55. The van der Waals surface area contributed by atoms with Gasteiger partial charge in [-0.1, -0.05) is 0 Å².